The van der Waals surface area contributed by atoms with Gasteiger partial charge in [-0.05, 0) is 141 Å². The lowest BCUT2D eigenvalue weighted by Crippen LogP contribution is -2.01. The van der Waals surface area contributed by atoms with Gasteiger partial charge in [0.2, 0.25) is 0 Å². The molecule has 0 radical (unpaired) electrons. The molecule has 0 aliphatic heterocycles. The fourth-order valence-electron chi connectivity index (χ4n) is 17.1. The summed E-state index contributed by atoms with van der Waals surface area (Å²) in [5, 5.41) is 9.61. The van der Waals surface area contributed by atoms with Crippen molar-refractivity contribution in [3.8, 4) is 170 Å². The fourth-order valence-corrected chi connectivity index (χ4v) is 17.3. The summed E-state index contributed by atoms with van der Waals surface area (Å²) in [6.07, 6.45) is 0. The van der Waals surface area contributed by atoms with Gasteiger partial charge in [0.15, 0.2) is 58.2 Å². The maximum absolute atomic E-state index is 6.39. The topological polar surface area (TPSA) is 181 Å². The largest absolute Gasteiger partial charge is 0.456 e. The Morgan fingerprint density at radius 1 is 0.134 bits per heavy atom. The van der Waals surface area contributed by atoms with Gasteiger partial charge in [-0.3, -0.25) is 0 Å². The van der Waals surface area contributed by atoms with Crippen molar-refractivity contribution in [3.05, 3.63) is 454 Å². The minimum atomic E-state index is 0.538. The van der Waals surface area contributed by atoms with Crippen molar-refractivity contribution in [1.82, 2.24) is 54.8 Å². The number of nitrogens with zero attached hydrogens (tertiary/aromatic N) is 11. The molecule has 0 saturated carbocycles. The van der Waals surface area contributed by atoms with Crippen LogP contribution in [0.1, 0.15) is 0 Å². The summed E-state index contributed by atoms with van der Waals surface area (Å²) in [7, 11) is 0. The lowest BCUT2D eigenvalue weighted by atomic mass is 10.00. The van der Waals surface area contributed by atoms with Gasteiger partial charge in [0.1, 0.15) is 33.5 Å². The Kier molecular flexibility index (Phi) is 21.4. The molecule has 134 heavy (non-hydrogen) atoms. The zero-order chi connectivity index (χ0) is 89.2. The number of benzene rings is 18. The molecule has 7 heterocycles. The van der Waals surface area contributed by atoms with Crippen LogP contribution in [-0.2, 0) is 0 Å². The number of fused-ring (bicyclic) bond motifs is 10. The summed E-state index contributed by atoms with van der Waals surface area (Å²) < 4.78 is 18.4. The molecule has 25 aromatic rings. The minimum Gasteiger partial charge on any atom is -0.456 e. The monoisotopic (exact) mass is 1740 g/mol. The number of aromatic nitrogens is 11. The third kappa shape index (κ3) is 16.6. The predicted octanol–water partition coefficient (Wildman–Crippen LogP) is 30.9. The first-order valence-electron chi connectivity index (χ1n) is 44.1. The van der Waals surface area contributed by atoms with Crippen LogP contribution in [0.15, 0.2) is 462 Å². The number of halogens is 1. The van der Waals surface area contributed by atoms with Crippen molar-refractivity contribution < 1.29 is 13.3 Å². The number of rotatable bonds is 15. The summed E-state index contributed by atoms with van der Waals surface area (Å²) in [6.45, 7) is 0. The first-order chi connectivity index (χ1) is 66.2. The van der Waals surface area contributed by atoms with Crippen LogP contribution < -0.4 is 0 Å². The van der Waals surface area contributed by atoms with Crippen LogP contribution in [0.2, 0.25) is 5.02 Å². The normalized spacial score (nSPS) is 11.3. The Hall–Kier alpha value is -18.0. The van der Waals surface area contributed by atoms with Gasteiger partial charge in [-0.25, -0.2) is 54.8 Å². The summed E-state index contributed by atoms with van der Waals surface area (Å²) in [6, 6.07) is 151. The summed E-state index contributed by atoms with van der Waals surface area (Å²) in [5.74, 6) is 5.98. The molecule has 0 unspecified atom stereocenters. The van der Waals surface area contributed by atoms with Crippen molar-refractivity contribution in [2.24, 2.45) is 0 Å². The van der Waals surface area contributed by atoms with Crippen LogP contribution in [0.25, 0.3) is 246 Å². The van der Waals surface area contributed by atoms with Gasteiger partial charge in [-0.2, -0.15) is 0 Å². The highest BCUT2D eigenvalue weighted by Gasteiger charge is 2.22. The second-order valence-electron chi connectivity index (χ2n) is 32.5. The molecule has 0 spiro atoms. The molecule has 0 saturated heterocycles. The average Bonchev–Trinajstić information content (AvgIpc) is 1.54. The van der Waals surface area contributed by atoms with E-state index >= 15 is 0 Å². The highest BCUT2D eigenvalue weighted by atomic mass is 35.5. The molecule has 25 rings (SSSR count). The lowest BCUT2D eigenvalue weighted by molar-refractivity contribution is 0.668. The van der Waals surface area contributed by atoms with Crippen molar-refractivity contribution in [3.63, 3.8) is 0 Å². The SMILES string of the molecule is Clc1cccc(-c2cc(-c3ccc(-c4ccccc4)cc3)nc(-c3cccc(-c4ccc5c(c4)oc4ccccc45)c3)n2)c1.c1ccc(-c2nc(-c3ccc(-c4ccc5ccccc5c4)cc3)nc(-c3ccc4oc5ccccc5c4c3)n2)cc1.c1ccc(-c2nc(-c3ccccc3)nc(-c3cccc(-c4nc(-c5ccccc5)nc(-c5ccc6c(c5)oc5ccccc56)n4)c3)n2)cc1. The first-order valence-corrected chi connectivity index (χ1v) is 44.5. The van der Waals surface area contributed by atoms with Crippen LogP contribution in [0, 0.1) is 0 Å². The minimum absolute atomic E-state index is 0.538. The Morgan fingerprint density at radius 2 is 0.403 bits per heavy atom. The van der Waals surface area contributed by atoms with Crippen LogP contribution >= 0.6 is 11.6 Å². The first kappa shape index (κ1) is 80.6. The van der Waals surface area contributed by atoms with Gasteiger partial charge >= 0.3 is 0 Å². The highest BCUT2D eigenvalue weighted by molar-refractivity contribution is 6.30. The molecule has 0 bridgehead atoms. The van der Waals surface area contributed by atoms with E-state index in [4.69, 9.17) is 79.7 Å². The van der Waals surface area contributed by atoms with Crippen LogP contribution in [-0.4, -0.2) is 54.8 Å². The Bertz CT molecular complexity index is 8640. The number of hydrogen-bond donors (Lipinski definition) is 0. The number of furan rings is 3. The van der Waals surface area contributed by atoms with Gasteiger partial charge in [-0.15, -0.1) is 0 Å². The third-order valence-electron chi connectivity index (χ3n) is 23.9. The molecule has 18 aromatic carbocycles. The zero-order valence-corrected chi connectivity index (χ0v) is 72.5. The van der Waals surface area contributed by atoms with E-state index < -0.39 is 0 Å². The van der Waals surface area contributed by atoms with Crippen molar-refractivity contribution in [1.29, 1.82) is 0 Å². The van der Waals surface area contributed by atoms with Crippen LogP contribution in [0.5, 0.6) is 0 Å². The Balaban J connectivity index is 0.000000114. The van der Waals surface area contributed by atoms with Crippen molar-refractivity contribution >= 4 is 88.2 Å². The molecule has 0 atom stereocenters. The standard InChI is InChI=1S/C42H26N6O.C40H25ClN2O.C37H23N3O/c1-4-13-27(14-5-1)37-43-38(28-15-6-2-7-16-28)45-40(44-37)30-19-12-20-31(25-30)41-46-39(29-17-8-3-9-18-29)47-42(48-41)32-23-24-34-33-21-10-11-22-35(33)49-36(34)26-32;41-33-13-7-11-31(23-33)37-25-36(28-18-16-27(17-19-28)26-8-2-1-3-9-26)42-40(43-37)32-12-6-10-29(22-32)30-20-21-35-34-14-4-5-15-38(34)44-39(35)24-30;1-2-9-26(10-3-1)35-38-36(27-17-14-25(15-18-27)29-19-16-24-8-4-5-11-28(24)22-29)40-37(39-35)30-20-21-34-32(23-30)31-12-6-7-13-33(31)41-34/h1-26H;1-25H;1-23H. The van der Waals surface area contributed by atoms with Crippen LogP contribution in [0.3, 0.4) is 0 Å². The molecule has 15 heteroatoms. The van der Waals surface area contributed by atoms with E-state index in [1.807, 2.05) is 261 Å². The molecule has 14 nitrogen and oxygen atoms in total. The maximum Gasteiger partial charge on any atom is 0.164 e. The van der Waals surface area contributed by atoms with E-state index in [-0.39, 0.29) is 0 Å². The zero-order valence-electron chi connectivity index (χ0n) is 71.7. The lowest BCUT2D eigenvalue weighted by Gasteiger charge is -2.11. The second-order valence-corrected chi connectivity index (χ2v) is 33.0. The van der Waals surface area contributed by atoms with Crippen molar-refractivity contribution in [2.45, 2.75) is 0 Å². The Labute approximate surface area is 774 Å². The van der Waals surface area contributed by atoms with E-state index in [1.165, 1.54) is 21.9 Å². The highest BCUT2D eigenvalue weighted by Crippen LogP contribution is 2.41. The molecule has 0 amide bonds. The summed E-state index contributed by atoms with van der Waals surface area (Å²) >= 11 is 6.39. The number of hydrogen-bond acceptors (Lipinski definition) is 14. The van der Waals surface area contributed by atoms with E-state index in [9.17, 15) is 0 Å². The molecule has 630 valence electrons. The second kappa shape index (κ2) is 35.6. The van der Waals surface area contributed by atoms with Gasteiger partial charge in [0.25, 0.3) is 0 Å². The van der Waals surface area contributed by atoms with E-state index in [1.54, 1.807) is 0 Å². The fraction of sp³-hybridized carbons (Fsp3) is 0. The van der Waals surface area contributed by atoms with Gasteiger partial charge < -0.3 is 13.3 Å². The molecular formula is C119H74ClN11O3. The van der Waals surface area contributed by atoms with E-state index in [0.717, 1.165) is 166 Å². The van der Waals surface area contributed by atoms with E-state index in [0.29, 0.717) is 63.3 Å². The quantitative estimate of drug-likeness (QED) is 0.0945. The van der Waals surface area contributed by atoms with E-state index in [2.05, 4.69) is 188 Å². The molecule has 0 N–H and O–H groups in total. The molecule has 0 aliphatic carbocycles. The molecule has 0 fully saturated rings. The van der Waals surface area contributed by atoms with Gasteiger partial charge in [0, 0.05) is 104 Å². The van der Waals surface area contributed by atoms with Gasteiger partial charge in [0.05, 0.1) is 11.4 Å². The average molecular weight is 1740 g/mol. The molecule has 0 aliphatic rings. The van der Waals surface area contributed by atoms with Crippen LogP contribution in [0.4, 0.5) is 0 Å². The summed E-state index contributed by atoms with van der Waals surface area (Å²) in [4.78, 5) is 54.5. The third-order valence-corrected chi connectivity index (χ3v) is 24.1. The maximum atomic E-state index is 6.39. The van der Waals surface area contributed by atoms with Crippen molar-refractivity contribution in [2.75, 3.05) is 0 Å². The smallest absolute Gasteiger partial charge is 0.164 e. The van der Waals surface area contributed by atoms with Gasteiger partial charge in [-0.1, -0.05) is 363 Å². The Morgan fingerprint density at radius 3 is 0.896 bits per heavy atom. The molecule has 7 aromatic heterocycles. The predicted molar refractivity (Wildman–Crippen MR) is 541 cm³/mol. The molecular weight excluding hydrogens is 1670 g/mol. The summed E-state index contributed by atoms with van der Waals surface area (Å²) in [5.41, 5.74) is 24.4. The number of para-hydroxylation sites is 3.